The second-order valence-electron chi connectivity index (χ2n) is 8.15. The first-order chi connectivity index (χ1) is 16.9. The van der Waals surface area contributed by atoms with E-state index in [1.807, 2.05) is 30.3 Å². The maximum absolute atomic E-state index is 13.1. The summed E-state index contributed by atoms with van der Waals surface area (Å²) in [5.74, 6) is -1.05. The van der Waals surface area contributed by atoms with Gasteiger partial charge in [-0.25, -0.2) is 9.59 Å². The number of esters is 2. The topological polar surface area (TPSA) is 123 Å². The second kappa shape index (κ2) is 10.6. The van der Waals surface area contributed by atoms with E-state index in [0.29, 0.717) is 36.3 Å². The fourth-order valence-electron chi connectivity index (χ4n) is 3.86. The van der Waals surface area contributed by atoms with Crippen molar-refractivity contribution in [2.45, 2.75) is 25.5 Å². The molecule has 3 N–H and O–H groups in total. The van der Waals surface area contributed by atoms with Gasteiger partial charge in [0.15, 0.2) is 0 Å². The van der Waals surface area contributed by atoms with E-state index in [-0.39, 0.29) is 23.9 Å². The summed E-state index contributed by atoms with van der Waals surface area (Å²) in [4.78, 5) is 39.7. The molecule has 1 aliphatic rings. The SMILES string of the molecule is N=C(N)c1ccc(OC(=O)c2ccc(C(=O)N3CCC[C@@H]3C(=O)OCc3ccccc3)cc2)cc1. The molecule has 0 unspecified atom stereocenters. The molecule has 1 amide bonds. The number of likely N-dealkylation sites (tertiary alicyclic amines) is 1. The third kappa shape index (κ3) is 5.73. The second-order valence-corrected chi connectivity index (χ2v) is 8.15. The molecule has 178 valence electrons. The van der Waals surface area contributed by atoms with Crippen LogP contribution < -0.4 is 10.5 Å². The van der Waals surface area contributed by atoms with E-state index in [1.54, 1.807) is 36.4 Å². The van der Waals surface area contributed by atoms with Crippen molar-refractivity contribution in [2.24, 2.45) is 5.73 Å². The minimum Gasteiger partial charge on any atom is -0.459 e. The molecule has 1 aliphatic heterocycles. The molecule has 0 aromatic heterocycles. The van der Waals surface area contributed by atoms with E-state index in [4.69, 9.17) is 20.6 Å². The smallest absolute Gasteiger partial charge is 0.343 e. The van der Waals surface area contributed by atoms with E-state index in [2.05, 4.69) is 0 Å². The van der Waals surface area contributed by atoms with E-state index >= 15 is 0 Å². The molecule has 1 atom stereocenters. The molecule has 0 radical (unpaired) electrons. The number of hydrogen-bond donors (Lipinski definition) is 2. The third-order valence-electron chi connectivity index (χ3n) is 5.75. The van der Waals surface area contributed by atoms with Crippen LogP contribution in [0.3, 0.4) is 0 Å². The van der Waals surface area contributed by atoms with Gasteiger partial charge in [0.25, 0.3) is 5.91 Å². The normalized spacial score (nSPS) is 14.9. The Hall–Kier alpha value is -4.46. The lowest BCUT2D eigenvalue weighted by Crippen LogP contribution is -2.41. The molecule has 0 saturated carbocycles. The van der Waals surface area contributed by atoms with Crippen LogP contribution in [0.2, 0.25) is 0 Å². The number of nitrogen functional groups attached to an aromatic ring is 1. The Bertz CT molecular complexity index is 1220. The summed E-state index contributed by atoms with van der Waals surface area (Å²) in [6.07, 6.45) is 1.26. The zero-order valence-corrected chi connectivity index (χ0v) is 19.0. The number of hydrogen-bond acceptors (Lipinski definition) is 6. The van der Waals surface area contributed by atoms with Crippen molar-refractivity contribution in [3.8, 4) is 5.75 Å². The number of amidine groups is 1. The van der Waals surface area contributed by atoms with Crippen molar-refractivity contribution in [1.29, 1.82) is 5.41 Å². The molecule has 0 bridgehead atoms. The average molecular weight is 472 g/mol. The van der Waals surface area contributed by atoms with Gasteiger partial charge >= 0.3 is 11.9 Å². The van der Waals surface area contributed by atoms with Gasteiger partial charge in [-0.1, -0.05) is 30.3 Å². The first kappa shape index (κ1) is 23.7. The lowest BCUT2D eigenvalue weighted by Gasteiger charge is -2.23. The largest absolute Gasteiger partial charge is 0.459 e. The van der Waals surface area contributed by atoms with Gasteiger partial charge in [-0.05, 0) is 66.9 Å². The molecule has 0 spiro atoms. The molecule has 8 nitrogen and oxygen atoms in total. The average Bonchev–Trinajstić information content (AvgIpc) is 3.38. The van der Waals surface area contributed by atoms with Crippen LogP contribution in [0.4, 0.5) is 0 Å². The monoisotopic (exact) mass is 471 g/mol. The standard InChI is InChI=1S/C27H25N3O5/c28-24(29)19-12-14-22(15-13-19)35-26(32)21-10-8-20(9-11-21)25(31)30-16-4-7-23(30)27(33)34-17-18-5-2-1-3-6-18/h1-3,5-6,8-15,23H,4,7,16-17H2,(H3,28,29)/t23-/m1/s1. The lowest BCUT2D eigenvalue weighted by molar-refractivity contribution is -0.149. The fraction of sp³-hybridized carbons (Fsp3) is 0.185. The van der Waals surface area contributed by atoms with Gasteiger partial charge in [-0.3, -0.25) is 10.2 Å². The van der Waals surface area contributed by atoms with Crippen LogP contribution in [0.1, 0.15) is 44.7 Å². The zero-order valence-electron chi connectivity index (χ0n) is 19.0. The van der Waals surface area contributed by atoms with Crippen molar-refractivity contribution in [3.05, 3.63) is 101 Å². The first-order valence-corrected chi connectivity index (χ1v) is 11.2. The fourth-order valence-corrected chi connectivity index (χ4v) is 3.86. The minimum atomic E-state index is -0.631. The quantitative estimate of drug-likeness (QED) is 0.235. The number of rotatable bonds is 7. The van der Waals surface area contributed by atoms with Crippen LogP contribution in [-0.2, 0) is 16.1 Å². The van der Waals surface area contributed by atoms with E-state index in [9.17, 15) is 14.4 Å². The maximum Gasteiger partial charge on any atom is 0.343 e. The predicted octanol–water partition coefficient (Wildman–Crippen LogP) is 3.54. The highest BCUT2D eigenvalue weighted by Crippen LogP contribution is 2.22. The van der Waals surface area contributed by atoms with Gasteiger partial charge in [-0.15, -0.1) is 0 Å². The van der Waals surface area contributed by atoms with E-state index < -0.39 is 18.0 Å². The Balaban J connectivity index is 1.37. The Morgan fingerprint density at radius 2 is 1.51 bits per heavy atom. The Morgan fingerprint density at radius 3 is 2.17 bits per heavy atom. The molecular weight excluding hydrogens is 446 g/mol. The molecule has 35 heavy (non-hydrogen) atoms. The van der Waals surface area contributed by atoms with Crippen LogP contribution in [0.5, 0.6) is 5.75 Å². The number of ether oxygens (including phenoxy) is 2. The van der Waals surface area contributed by atoms with Gasteiger partial charge < -0.3 is 20.1 Å². The molecule has 0 aliphatic carbocycles. The van der Waals surface area contributed by atoms with Crippen LogP contribution >= 0.6 is 0 Å². The van der Waals surface area contributed by atoms with Crippen molar-refractivity contribution < 1.29 is 23.9 Å². The number of amides is 1. The van der Waals surface area contributed by atoms with Gasteiger partial charge in [-0.2, -0.15) is 0 Å². The molecule has 3 aromatic carbocycles. The van der Waals surface area contributed by atoms with Crippen molar-refractivity contribution in [1.82, 2.24) is 4.90 Å². The molecule has 1 fully saturated rings. The molecule has 8 heteroatoms. The van der Waals surface area contributed by atoms with Gasteiger partial charge in [0.2, 0.25) is 0 Å². The van der Waals surface area contributed by atoms with E-state index in [1.165, 1.54) is 17.0 Å². The van der Waals surface area contributed by atoms with Crippen molar-refractivity contribution >= 4 is 23.7 Å². The van der Waals surface area contributed by atoms with Crippen LogP contribution in [0.15, 0.2) is 78.9 Å². The zero-order chi connectivity index (χ0) is 24.8. The summed E-state index contributed by atoms with van der Waals surface area (Å²) in [6.45, 7) is 0.622. The van der Waals surface area contributed by atoms with Gasteiger partial charge in [0, 0.05) is 17.7 Å². The summed E-state index contributed by atoms with van der Waals surface area (Å²) < 4.78 is 10.8. The Kier molecular flexibility index (Phi) is 7.21. The Morgan fingerprint density at radius 1 is 0.886 bits per heavy atom. The molecule has 1 saturated heterocycles. The van der Waals surface area contributed by atoms with Crippen molar-refractivity contribution in [3.63, 3.8) is 0 Å². The summed E-state index contributed by atoms with van der Waals surface area (Å²) in [7, 11) is 0. The first-order valence-electron chi connectivity index (χ1n) is 11.2. The number of nitrogens with zero attached hydrogens (tertiary/aromatic N) is 1. The van der Waals surface area contributed by atoms with Gasteiger partial charge in [0.05, 0.1) is 5.56 Å². The molecule has 3 aromatic rings. The van der Waals surface area contributed by atoms with Gasteiger partial charge in [0.1, 0.15) is 24.2 Å². The highest BCUT2D eigenvalue weighted by Gasteiger charge is 2.35. The highest BCUT2D eigenvalue weighted by atomic mass is 16.5. The van der Waals surface area contributed by atoms with E-state index in [0.717, 1.165) is 5.56 Å². The lowest BCUT2D eigenvalue weighted by atomic mass is 10.1. The third-order valence-corrected chi connectivity index (χ3v) is 5.75. The number of carbonyl (C=O) groups excluding carboxylic acids is 3. The number of carbonyl (C=O) groups is 3. The predicted molar refractivity (Wildman–Crippen MR) is 129 cm³/mol. The number of benzene rings is 3. The summed E-state index contributed by atoms with van der Waals surface area (Å²) in [5, 5.41) is 7.40. The summed E-state index contributed by atoms with van der Waals surface area (Å²) in [6, 6.07) is 21.1. The highest BCUT2D eigenvalue weighted by molar-refractivity contribution is 5.99. The number of nitrogens with two attached hydrogens (primary N) is 1. The van der Waals surface area contributed by atoms with Crippen molar-refractivity contribution in [2.75, 3.05) is 6.54 Å². The van der Waals surface area contributed by atoms with Crippen LogP contribution in [-0.4, -0.2) is 41.2 Å². The van der Waals surface area contributed by atoms with Crippen LogP contribution in [0, 0.1) is 5.41 Å². The summed E-state index contributed by atoms with van der Waals surface area (Å²) in [5.41, 5.74) is 7.48. The Labute approximate surface area is 202 Å². The molecule has 1 heterocycles. The minimum absolute atomic E-state index is 0.0761. The number of nitrogens with one attached hydrogen (secondary N) is 1. The summed E-state index contributed by atoms with van der Waals surface area (Å²) >= 11 is 0. The van der Waals surface area contributed by atoms with Crippen LogP contribution in [0.25, 0.3) is 0 Å². The molecular formula is C27H25N3O5. The maximum atomic E-state index is 13.1. The molecule has 4 rings (SSSR count).